The number of carbonyl (C=O) groups excluding carboxylic acids is 2. The van der Waals surface area contributed by atoms with E-state index in [1.165, 1.54) is 10.0 Å². The number of hydrogen-bond donors (Lipinski definition) is 0. The van der Waals surface area contributed by atoms with Gasteiger partial charge in [-0.2, -0.15) is 40.7 Å². The molecule has 0 N–H and O–H groups in total. The highest BCUT2D eigenvalue weighted by Gasteiger charge is 2.36. The van der Waals surface area contributed by atoms with Crippen LogP contribution in [0.1, 0.15) is 25.0 Å². The summed E-state index contributed by atoms with van der Waals surface area (Å²) in [5.74, 6) is 0.399. The lowest BCUT2D eigenvalue weighted by atomic mass is 10.0. The van der Waals surface area contributed by atoms with Crippen LogP contribution in [0, 0.1) is 13.8 Å². The predicted octanol–water partition coefficient (Wildman–Crippen LogP) is 7.74. The fourth-order valence-corrected chi connectivity index (χ4v) is 5.24. The van der Waals surface area contributed by atoms with E-state index in [9.17, 15) is 9.59 Å². The molecule has 6 rings (SSSR count). The monoisotopic (exact) mass is 642 g/mol. The first kappa shape index (κ1) is 31.9. The molecule has 2 unspecified atom stereocenters. The Hall–Kier alpha value is -6.04. The van der Waals surface area contributed by atoms with Gasteiger partial charge in [-0.25, -0.2) is 0 Å². The molecule has 12 heteroatoms. The number of amides is 2. The summed E-state index contributed by atoms with van der Waals surface area (Å²) in [6, 6.07) is 24.4. The average molecular weight is 643 g/mol. The second-order valence-electron chi connectivity index (χ2n) is 11.5. The highest BCUT2D eigenvalue weighted by molar-refractivity contribution is 6.19. The molecule has 12 nitrogen and oxygen atoms in total. The number of rotatable bonds is 9. The Morgan fingerprint density at radius 3 is 1.29 bits per heavy atom. The van der Waals surface area contributed by atoms with Gasteiger partial charge in [0.05, 0.1) is 37.0 Å². The molecule has 0 saturated carbocycles. The molecule has 2 amide bonds. The molecule has 2 heterocycles. The van der Waals surface area contributed by atoms with Crippen LogP contribution in [0.3, 0.4) is 0 Å². The second-order valence-corrected chi connectivity index (χ2v) is 11.5. The van der Waals surface area contributed by atoms with Crippen LogP contribution < -0.4 is 19.5 Å². The summed E-state index contributed by atoms with van der Waals surface area (Å²) in [5.41, 5.74) is 7.21. The van der Waals surface area contributed by atoms with E-state index in [4.69, 9.17) is 9.47 Å². The van der Waals surface area contributed by atoms with E-state index in [1.54, 1.807) is 40.2 Å². The van der Waals surface area contributed by atoms with Crippen molar-refractivity contribution in [3.05, 3.63) is 96.1 Å². The molecule has 48 heavy (non-hydrogen) atoms. The van der Waals surface area contributed by atoms with Crippen molar-refractivity contribution in [3.63, 3.8) is 0 Å². The summed E-state index contributed by atoms with van der Waals surface area (Å²) in [5, 5.41) is 28.9. The van der Waals surface area contributed by atoms with Gasteiger partial charge in [0, 0.05) is 0 Å². The van der Waals surface area contributed by atoms with Crippen LogP contribution in [0.4, 0.5) is 22.7 Å². The Morgan fingerprint density at radius 2 is 0.938 bits per heavy atom. The highest BCUT2D eigenvalue weighted by atomic mass is 16.5. The average Bonchev–Trinajstić information content (AvgIpc) is 3.55. The summed E-state index contributed by atoms with van der Waals surface area (Å²) in [6.45, 7) is 7.48. The van der Waals surface area contributed by atoms with Gasteiger partial charge in [-0.1, -0.05) is 47.5 Å². The van der Waals surface area contributed by atoms with Crippen LogP contribution in [0.2, 0.25) is 0 Å². The molecule has 2 atom stereocenters. The third-order valence-corrected chi connectivity index (χ3v) is 8.00. The lowest BCUT2D eigenvalue weighted by molar-refractivity contribution is -0.118. The first-order valence-corrected chi connectivity index (χ1v) is 15.3. The van der Waals surface area contributed by atoms with Crippen molar-refractivity contribution in [1.82, 2.24) is 0 Å². The van der Waals surface area contributed by atoms with Crippen LogP contribution in [0.15, 0.2) is 116 Å². The summed E-state index contributed by atoms with van der Waals surface area (Å²) < 4.78 is 11.3. The molecule has 0 radical (unpaired) electrons. The molecule has 4 aromatic rings. The standard InChI is InChI=1S/C36H34N8O4/c1-21-7-13-27(14-8-21)43-35(45)33(23(3)41-43)39-37-29-17-11-25(19-31(29)47-5)26-12-18-30(32(20-26)48-6)38-40-34-24(4)42-44(36(34)46)28-15-9-22(2)10-16-28/h7-20,33-34H,1-6H3. The van der Waals surface area contributed by atoms with Crippen molar-refractivity contribution < 1.29 is 19.1 Å². The molecule has 0 spiro atoms. The van der Waals surface area contributed by atoms with E-state index in [2.05, 4.69) is 30.7 Å². The Balaban J connectivity index is 1.18. The number of benzene rings is 4. The lowest BCUT2D eigenvalue weighted by Crippen LogP contribution is -2.29. The van der Waals surface area contributed by atoms with E-state index in [1.807, 2.05) is 86.6 Å². The summed E-state index contributed by atoms with van der Waals surface area (Å²) in [4.78, 5) is 26.2. The Labute approximate surface area is 278 Å². The molecular weight excluding hydrogens is 608 g/mol. The Morgan fingerprint density at radius 1 is 0.562 bits per heavy atom. The maximum absolute atomic E-state index is 13.1. The van der Waals surface area contributed by atoms with E-state index in [0.29, 0.717) is 45.7 Å². The van der Waals surface area contributed by atoms with Crippen molar-refractivity contribution in [2.75, 3.05) is 24.2 Å². The van der Waals surface area contributed by atoms with E-state index in [0.717, 1.165) is 22.3 Å². The molecule has 0 aromatic heterocycles. The van der Waals surface area contributed by atoms with E-state index >= 15 is 0 Å². The number of nitrogens with zero attached hydrogens (tertiary/aromatic N) is 8. The molecule has 0 fully saturated rings. The molecule has 0 saturated heterocycles. The minimum atomic E-state index is -0.832. The topological polar surface area (TPSA) is 133 Å². The Bertz CT molecular complexity index is 1860. The maximum Gasteiger partial charge on any atom is 0.280 e. The minimum absolute atomic E-state index is 0.275. The number of azo groups is 2. The SMILES string of the molecule is COc1cc(-c2ccc(N=NC3C(=O)N(c4ccc(C)cc4)N=C3C)c(OC)c2)ccc1N=NC1C(=O)N(c2ccc(C)cc2)N=C1C. The van der Waals surface area contributed by atoms with Crippen molar-refractivity contribution in [2.45, 2.75) is 39.8 Å². The van der Waals surface area contributed by atoms with Crippen LogP contribution >= 0.6 is 0 Å². The summed E-state index contributed by atoms with van der Waals surface area (Å²) in [6.07, 6.45) is 0. The molecule has 2 aliphatic heterocycles. The number of methoxy groups -OCH3 is 2. The van der Waals surface area contributed by atoms with Gasteiger partial charge in [0.2, 0.25) is 0 Å². The van der Waals surface area contributed by atoms with Gasteiger partial charge in [-0.15, -0.1) is 0 Å². The van der Waals surface area contributed by atoms with E-state index in [-0.39, 0.29) is 11.8 Å². The van der Waals surface area contributed by atoms with Gasteiger partial charge in [-0.05, 0) is 87.4 Å². The zero-order valence-corrected chi connectivity index (χ0v) is 27.4. The summed E-state index contributed by atoms with van der Waals surface area (Å²) in [7, 11) is 3.09. The number of hydrogen-bond acceptors (Lipinski definition) is 10. The third kappa shape index (κ3) is 6.32. The molecule has 4 aromatic carbocycles. The van der Waals surface area contributed by atoms with Crippen molar-refractivity contribution >= 4 is 46.0 Å². The van der Waals surface area contributed by atoms with Gasteiger partial charge in [0.15, 0.2) is 12.1 Å². The first-order valence-electron chi connectivity index (χ1n) is 15.3. The van der Waals surface area contributed by atoms with Crippen LogP contribution in [0.5, 0.6) is 11.5 Å². The van der Waals surface area contributed by atoms with Gasteiger partial charge in [0.1, 0.15) is 22.9 Å². The fraction of sp³-hybridized carbons (Fsp3) is 0.222. The molecular formula is C36H34N8O4. The van der Waals surface area contributed by atoms with Gasteiger partial charge < -0.3 is 9.47 Å². The Kier molecular flexibility index (Phi) is 8.89. The van der Waals surface area contributed by atoms with Crippen molar-refractivity contribution in [2.24, 2.45) is 30.7 Å². The van der Waals surface area contributed by atoms with Crippen LogP contribution in [0.25, 0.3) is 11.1 Å². The zero-order valence-electron chi connectivity index (χ0n) is 27.4. The van der Waals surface area contributed by atoms with Crippen LogP contribution in [-0.4, -0.2) is 49.5 Å². The third-order valence-electron chi connectivity index (χ3n) is 8.00. The predicted molar refractivity (Wildman–Crippen MR) is 185 cm³/mol. The summed E-state index contributed by atoms with van der Waals surface area (Å²) >= 11 is 0. The number of anilines is 2. The molecule has 2 aliphatic rings. The number of ether oxygens (including phenoxy) is 2. The lowest BCUT2D eigenvalue weighted by Gasteiger charge is -2.13. The molecule has 242 valence electrons. The normalized spacial score (nSPS) is 17.9. The van der Waals surface area contributed by atoms with Crippen molar-refractivity contribution in [3.8, 4) is 22.6 Å². The zero-order chi connectivity index (χ0) is 33.9. The number of aryl methyl sites for hydroxylation is 2. The van der Waals surface area contributed by atoms with Gasteiger partial charge >= 0.3 is 0 Å². The van der Waals surface area contributed by atoms with E-state index < -0.39 is 12.1 Å². The number of carbonyl (C=O) groups is 2. The van der Waals surface area contributed by atoms with Gasteiger partial charge in [0.25, 0.3) is 11.8 Å². The molecule has 0 aliphatic carbocycles. The minimum Gasteiger partial charge on any atom is -0.494 e. The largest absolute Gasteiger partial charge is 0.494 e. The van der Waals surface area contributed by atoms with Crippen LogP contribution in [-0.2, 0) is 9.59 Å². The quantitative estimate of drug-likeness (QED) is 0.173. The highest BCUT2D eigenvalue weighted by Crippen LogP contribution is 2.38. The second kappa shape index (κ2) is 13.4. The molecule has 0 bridgehead atoms. The van der Waals surface area contributed by atoms with Gasteiger partial charge in [-0.3, -0.25) is 9.59 Å². The smallest absolute Gasteiger partial charge is 0.280 e. The maximum atomic E-state index is 13.1. The number of hydrazone groups is 2. The van der Waals surface area contributed by atoms with Crippen molar-refractivity contribution in [1.29, 1.82) is 0 Å². The first-order chi connectivity index (χ1) is 23.2. The fourth-order valence-electron chi connectivity index (χ4n) is 5.24.